The number of thiazole rings is 1. The zero-order valence-corrected chi connectivity index (χ0v) is 16.3. The van der Waals surface area contributed by atoms with Gasteiger partial charge in [-0.1, -0.05) is 18.3 Å². The first-order valence-electron chi connectivity index (χ1n) is 8.62. The normalized spacial score (nSPS) is 10.6. The van der Waals surface area contributed by atoms with Gasteiger partial charge in [0.1, 0.15) is 5.75 Å². The van der Waals surface area contributed by atoms with Gasteiger partial charge >= 0.3 is 0 Å². The number of nitrogens with one attached hydrogen (secondary N) is 2. The van der Waals surface area contributed by atoms with E-state index in [0.717, 1.165) is 10.2 Å². The van der Waals surface area contributed by atoms with E-state index in [1.807, 2.05) is 12.1 Å². The maximum absolute atomic E-state index is 12.7. The molecule has 0 saturated carbocycles. The van der Waals surface area contributed by atoms with Crippen LogP contribution < -0.4 is 14.9 Å². The van der Waals surface area contributed by atoms with Crippen molar-refractivity contribution >= 4 is 44.7 Å². The minimum atomic E-state index is -0.670. The molecule has 0 spiro atoms. The van der Waals surface area contributed by atoms with Crippen molar-refractivity contribution < 1.29 is 19.1 Å². The lowest BCUT2D eigenvalue weighted by atomic mass is 10.1. The molecule has 1 amide bonds. The van der Waals surface area contributed by atoms with Crippen LogP contribution in [-0.4, -0.2) is 29.2 Å². The summed E-state index contributed by atoms with van der Waals surface area (Å²) < 4.78 is 7.72. The maximum Gasteiger partial charge on any atom is 0.291 e. The van der Waals surface area contributed by atoms with Crippen LogP contribution in [0.25, 0.3) is 10.2 Å². The molecule has 0 fully saturated rings. The number of ketones is 2. The fraction of sp³-hybridized carbons (Fsp3) is 0.200. The van der Waals surface area contributed by atoms with Gasteiger partial charge in [-0.05, 0) is 42.5 Å². The second-order valence-electron chi connectivity index (χ2n) is 6.06. The number of carbonyl (C=O) groups is 3. The number of Topliss-reactive ketones (excluding diaryl/α,β-unsaturated/α-hetero) is 2. The fourth-order valence-electron chi connectivity index (χ4n) is 2.69. The summed E-state index contributed by atoms with van der Waals surface area (Å²) in [5.74, 6) is -0.625. The van der Waals surface area contributed by atoms with Crippen molar-refractivity contribution in [2.24, 2.45) is 0 Å². The highest BCUT2D eigenvalue weighted by Gasteiger charge is 2.14. The van der Waals surface area contributed by atoms with E-state index in [4.69, 9.17) is 10.1 Å². The lowest BCUT2D eigenvalue weighted by Gasteiger charge is -2.07. The summed E-state index contributed by atoms with van der Waals surface area (Å²) in [6.07, 6.45) is 0.134. The van der Waals surface area contributed by atoms with Gasteiger partial charge in [-0.2, -0.15) is 0 Å². The molecule has 0 aliphatic rings. The van der Waals surface area contributed by atoms with Crippen LogP contribution in [0.1, 0.15) is 23.7 Å². The Morgan fingerprint density at radius 2 is 1.86 bits per heavy atom. The minimum Gasteiger partial charge on any atom is -0.497 e. The number of benzene rings is 2. The van der Waals surface area contributed by atoms with E-state index in [-0.39, 0.29) is 23.6 Å². The van der Waals surface area contributed by atoms with Crippen LogP contribution in [0.15, 0.2) is 42.5 Å². The van der Waals surface area contributed by atoms with Gasteiger partial charge in [0.15, 0.2) is 10.6 Å². The van der Waals surface area contributed by atoms with Crippen molar-refractivity contribution in [3.63, 3.8) is 0 Å². The molecule has 144 valence electrons. The average molecular weight is 397 g/mol. The molecule has 0 unspecified atom stereocenters. The van der Waals surface area contributed by atoms with Gasteiger partial charge in [0.2, 0.25) is 5.78 Å². The summed E-state index contributed by atoms with van der Waals surface area (Å²) in [4.78, 5) is 35.9. The van der Waals surface area contributed by atoms with Crippen LogP contribution >= 0.6 is 11.3 Å². The van der Waals surface area contributed by atoms with Crippen LogP contribution in [0.4, 0.5) is 5.69 Å². The van der Waals surface area contributed by atoms with Crippen LogP contribution in [0.3, 0.4) is 0 Å². The molecule has 3 aromatic rings. The van der Waals surface area contributed by atoms with Crippen LogP contribution in [-0.2, 0) is 16.1 Å². The molecule has 7 nitrogen and oxygen atoms in total. The van der Waals surface area contributed by atoms with E-state index in [1.54, 1.807) is 48.9 Å². The summed E-state index contributed by atoms with van der Waals surface area (Å²) in [5, 5.41) is 10.7. The predicted octanol–water partition coefficient (Wildman–Crippen LogP) is 2.99. The lowest BCUT2D eigenvalue weighted by Crippen LogP contribution is -2.22. The van der Waals surface area contributed by atoms with Crippen molar-refractivity contribution in [2.75, 3.05) is 12.4 Å². The third-order valence-electron chi connectivity index (χ3n) is 4.25. The number of fused-ring (bicyclic) bond motifs is 1. The molecule has 2 aromatic carbocycles. The van der Waals surface area contributed by atoms with Crippen molar-refractivity contribution in [2.45, 2.75) is 19.9 Å². The number of amides is 1. The highest BCUT2D eigenvalue weighted by atomic mass is 32.1. The fourth-order valence-corrected chi connectivity index (χ4v) is 3.63. The average Bonchev–Trinajstić information content (AvgIpc) is 3.01. The van der Waals surface area contributed by atoms with Crippen molar-refractivity contribution in [3.05, 3.63) is 52.8 Å². The van der Waals surface area contributed by atoms with Crippen LogP contribution in [0, 0.1) is 5.41 Å². The molecular formula is C20H19N3O4S. The molecule has 28 heavy (non-hydrogen) atoms. The zero-order chi connectivity index (χ0) is 20.3. The molecule has 3 rings (SSSR count). The van der Waals surface area contributed by atoms with Crippen molar-refractivity contribution in [1.29, 1.82) is 5.41 Å². The zero-order valence-electron chi connectivity index (χ0n) is 15.4. The van der Waals surface area contributed by atoms with E-state index in [1.165, 1.54) is 11.3 Å². The Hall–Kier alpha value is -3.26. The SMILES string of the molecule is CCC(=O)C(=O)Nc1ccc(C(=O)Cn2c(=N)sc3cc(OC)ccc32)cc1. The first-order chi connectivity index (χ1) is 13.4. The summed E-state index contributed by atoms with van der Waals surface area (Å²) in [6.45, 7) is 1.65. The Bertz CT molecular complexity index is 1110. The topological polar surface area (TPSA) is 101 Å². The molecule has 0 radical (unpaired) electrons. The van der Waals surface area contributed by atoms with Crippen molar-refractivity contribution in [1.82, 2.24) is 4.57 Å². The maximum atomic E-state index is 12.7. The monoisotopic (exact) mass is 397 g/mol. The molecule has 0 aliphatic carbocycles. The molecule has 0 saturated heterocycles. The van der Waals surface area contributed by atoms with Gasteiger partial charge in [-0.15, -0.1) is 0 Å². The predicted molar refractivity (Wildman–Crippen MR) is 107 cm³/mol. The third-order valence-corrected chi connectivity index (χ3v) is 5.21. The van der Waals surface area contributed by atoms with E-state index >= 15 is 0 Å². The molecule has 8 heteroatoms. The molecule has 0 aliphatic heterocycles. The second kappa shape index (κ2) is 8.18. The molecule has 0 bridgehead atoms. The molecule has 1 heterocycles. The molecule has 0 atom stereocenters. The van der Waals surface area contributed by atoms with Crippen molar-refractivity contribution in [3.8, 4) is 5.75 Å². The van der Waals surface area contributed by atoms with Gasteiger partial charge in [0.05, 0.1) is 23.9 Å². The number of hydrogen-bond donors (Lipinski definition) is 2. The van der Waals surface area contributed by atoms with Gasteiger partial charge < -0.3 is 14.6 Å². The van der Waals surface area contributed by atoms with E-state index < -0.39 is 11.7 Å². The number of anilines is 1. The Balaban J connectivity index is 1.77. The minimum absolute atomic E-state index is 0.0329. The number of methoxy groups -OCH3 is 1. The highest BCUT2D eigenvalue weighted by molar-refractivity contribution is 7.16. The summed E-state index contributed by atoms with van der Waals surface area (Å²) in [5.41, 5.74) is 1.70. The number of ether oxygens (including phenoxy) is 1. The van der Waals surface area contributed by atoms with Crippen LogP contribution in [0.5, 0.6) is 5.75 Å². The first-order valence-corrected chi connectivity index (χ1v) is 9.44. The third kappa shape index (κ3) is 4.01. The largest absolute Gasteiger partial charge is 0.497 e. The standard InChI is InChI=1S/C20H19N3O4S/c1-3-16(24)19(26)22-13-6-4-12(5-7-13)17(25)11-23-15-9-8-14(27-2)10-18(15)28-20(23)21/h4-10,21H,3,11H2,1-2H3,(H,22,26). The number of aromatic nitrogens is 1. The van der Waals surface area contributed by atoms with E-state index in [9.17, 15) is 14.4 Å². The number of rotatable bonds is 7. The summed E-state index contributed by atoms with van der Waals surface area (Å²) in [7, 11) is 1.58. The van der Waals surface area contributed by atoms with Gasteiger partial charge in [0, 0.05) is 17.7 Å². The number of carbonyl (C=O) groups excluding carboxylic acids is 3. The van der Waals surface area contributed by atoms with E-state index in [2.05, 4.69) is 5.32 Å². The molecule has 1 aromatic heterocycles. The molecule has 2 N–H and O–H groups in total. The summed E-state index contributed by atoms with van der Waals surface area (Å²) in [6, 6.07) is 11.8. The number of nitrogens with zero attached hydrogens (tertiary/aromatic N) is 1. The van der Waals surface area contributed by atoms with Gasteiger partial charge in [-0.3, -0.25) is 19.8 Å². The number of hydrogen-bond acceptors (Lipinski definition) is 6. The Morgan fingerprint density at radius 3 is 2.50 bits per heavy atom. The first kappa shape index (κ1) is 19.5. The Labute approximate surface area is 165 Å². The Morgan fingerprint density at radius 1 is 1.14 bits per heavy atom. The van der Waals surface area contributed by atoms with E-state index in [0.29, 0.717) is 17.0 Å². The quantitative estimate of drug-likeness (QED) is 0.473. The second-order valence-corrected chi connectivity index (χ2v) is 7.09. The smallest absolute Gasteiger partial charge is 0.291 e. The lowest BCUT2D eigenvalue weighted by molar-refractivity contribution is -0.134. The molecular weight excluding hydrogens is 378 g/mol. The Kier molecular flexibility index (Phi) is 5.70. The van der Waals surface area contributed by atoms with Gasteiger partial charge in [0.25, 0.3) is 5.91 Å². The summed E-state index contributed by atoms with van der Waals surface area (Å²) >= 11 is 1.28. The van der Waals surface area contributed by atoms with Crippen LogP contribution in [0.2, 0.25) is 0 Å². The highest BCUT2D eigenvalue weighted by Crippen LogP contribution is 2.23. The van der Waals surface area contributed by atoms with Gasteiger partial charge in [-0.25, -0.2) is 0 Å².